The molecular weight excluding hydrogens is 327 g/mol. The standard InChI is InChI=1S/C12H10F3NO5S/c13-12(14,15)22(19,20)21-10-5-4-7-2-1-3-8(9(18)6-17)11(7)16-10/h1-5,9,17-18H,6H2. The number of benzene rings is 1. The lowest BCUT2D eigenvalue weighted by Crippen LogP contribution is -2.28. The molecule has 120 valence electrons. The van der Waals surface area contributed by atoms with E-state index in [0.717, 1.165) is 6.07 Å². The topological polar surface area (TPSA) is 96.7 Å². The Balaban J connectivity index is 2.51. The molecule has 2 aromatic rings. The number of aliphatic hydroxyl groups is 2. The molecule has 1 atom stereocenters. The van der Waals surface area contributed by atoms with Gasteiger partial charge in [-0.1, -0.05) is 18.2 Å². The molecule has 0 bridgehead atoms. The van der Waals surface area contributed by atoms with Crippen LogP contribution in [0.3, 0.4) is 0 Å². The predicted molar refractivity (Wildman–Crippen MR) is 69.4 cm³/mol. The van der Waals surface area contributed by atoms with E-state index in [2.05, 4.69) is 9.17 Å². The van der Waals surface area contributed by atoms with E-state index in [1.807, 2.05) is 0 Å². The minimum atomic E-state index is -5.83. The van der Waals surface area contributed by atoms with Crippen molar-refractivity contribution in [2.24, 2.45) is 0 Å². The number of pyridine rings is 1. The van der Waals surface area contributed by atoms with Crippen LogP contribution in [-0.2, 0) is 10.1 Å². The van der Waals surface area contributed by atoms with Crippen molar-refractivity contribution in [3.05, 3.63) is 35.9 Å². The molecule has 0 spiro atoms. The van der Waals surface area contributed by atoms with Crippen LogP contribution in [0.25, 0.3) is 10.9 Å². The van der Waals surface area contributed by atoms with Gasteiger partial charge in [-0.2, -0.15) is 21.6 Å². The molecule has 6 nitrogen and oxygen atoms in total. The van der Waals surface area contributed by atoms with E-state index in [0.29, 0.717) is 5.39 Å². The second kappa shape index (κ2) is 5.71. The molecule has 0 fully saturated rings. The first kappa shape index (κ1) is 16.5. The molecule has 0 saturated heterocycles. The Hall–Kier alpha value is -1.91. The van der Waals surface area contributed by atoms with Crippen molar-refractivity contribution in [1.29, 1.82) is 0 Å². The number of halogens is 3. The Morgan fingerprint density at radius 1 is 1.23 bits per heavy atom. The second-order valence-electron chi connectivity index (χ2n) is 4.25. The molecule has 0 amide bonds. The Morgan fingerprint density at radius 2 is 1.91 bits per heavy atom. The maximum atomic E-state index is 12.3. The average Bonchev–Trinajstić information content (AvgIpc) is 2.44. The SMILES string of the molecule is O=S(=O)(Oc1ccc2cccc(C(O)CO)c2n1)C(F)(F)F. The van der Waals surface area contributed by atoms with Crippen LogP contribution in [-0.4, -0.2) is 35.7 Å². The van der Waals surface area contributed by atoms with Crippen molar-refractivity contribution in [3.8, 4) is 5.88 Å². The first-order valence-electron chi connectivity index (χ1n) is 5.85. The van der Waals surface area contributed by atoms with Gasteiger partial charge in [-0.3, -0.25) is 0 Å². The maximum absolute atomic E-state index is 12.3. The van der Waals surface area contributed by atoms with Crippen LogP contribution in [0, 0.1) is 0 Å². The highest BCUT2D eigenvalue weighted by Crippen LogP contribution is 2.29. The summed E-state index contributed by atoms with van der Waals surface area (Å²) in [5.41, 5.74) is -5.41. The Labute approximate surface area is 122 Å². The third kappa shape index (κ3) is 3.13. The molecule has 0 saturated carbocycles. The fourth-order valence-electron chi connectivity index (χ4n) is 1.73. The summed E-state index contributed by atoms with van der Waals surface area (Å²) in [5, 5.41) is 19.0. The van der Waals surface area contributed by atoms with Crippen LogP contribution in [0.15, 0.2) is 30.3 Å². The predicted octanol–water partition coefficient (Wildman–Crippen LogP) is 1.49. The summed E-state index contributed by atoms with van der Waals surface area (Å²) in [7, 11) is -5.83. The molecule has 2 rings (SSSR count). The van der Waals surface area contributed by atoms with Crippen LogP contribution in [0.5, 0.6) is 5.88 Å². The van der Waals surface area contributed by atoms with E-state index < -0.39 is 34.2 Å². The normalized spacial score (nSPS) is 14.0. The third-order valence-electron chi connectivity index (χ3n) is 2.74. The molecule has 1 heterocycles. The fourth-order valence-corrected chi connectivity index (χ4v) is 2.14. The number of aliphatic hydroxyl groups excluding tert-OH is 2. The number of alkyl halides is 3. The van der Waals surface area contributed by atoms with Gasteiger partial charge in [0.15, 0.2) is 0 Å². The summed E-state index contributed by atoms with van der Waals surface area (Å²) >= 11 is 0. The highest BCUT2D eigenvalue weighted by Gasteiger charge is 2.48. The van der Waals surface area contributed by atoms with Crippen molar-refractivity contribution in [2.45, 2.75) is 11.6 Å². The van der Waals surface area contributed by atoms with Gasteiger partial charge in [0.1, 0.15) is 6.10 Å². The largest absolute Gasteiger partial charge is 0.534 e. The Morgan fingerprint density at radius 3 is 2.50 bits per heavy atom. The molecule has 1 aromatic carbocycles. The second-order valence-corrected chi connectivity index (χ2v) is 5.79. The van der Waals surface area contributed by atoms with Crippen LogP contribution >= 0.6 is 0 Å². The highest BCUT2D eigenvalue weighted by atomic mass is 32.2. The van der Waals surface area contributed by atoms with Crippen LogP contribution in [0.2, 0.25) is 0 Å². The molecule has 0 aliphatic carbocycles. The van der Waals surface area contributed by atoms with E-state index in [1.54, 1.807) is 12.1 Å². The molecule has 1 aromatic heterocycles. The highest BCUT2D eigenvalue weighted by molar-refractivity contribution is 7.87. The molecule has 0 aliphatic rings. The molecule has 2 N–H and O–H groups in total. The lowest BCUT2D eigenvalue weighted by atomic mass is 10.1. The third-order valence-corrected chi connectivity index (χ3v) is 3.69. The molecular formula is C12H10F3NO5S. The Bertz CT molecular complexity index is 791. The van der Waals surface area contributed by atoms with E-state index >= 15 is 0 Å². The van der Waals surface area contributed by atoms with Crippen LogP contribution in [0.4, 0.5) is 13.2 Å². The molecule has 1 unspecified atom stereocenters. The van der Waals surface area contributed by atoms with Crippen molar-refractivity contribution in [1.82, 2.24) is 4.98 Å². The minimum Gasteiger partial charge on any atom is -0.393 e. The number of nitrogens with zero attached hydrogens (tertiary/aromatic N) is 1. The maximum Gasteiger partial charge on any atom is 0.534 e. The number of aromatic nitrogens is 1. The van der Waals surface area contributed by atoms with Crippen molar-refractivity contribution in [2.75, 3.05) is 6.61 Å². The minimum absolute atomic E-state index is 0.0268. The van der Waals surface area contributed by atoms with E-state index in [9.17, 15) is 26.7 Å². The number of hydrogen-bond donors (Lipinski definition) is 2. The van der Waals surface area contributed by atoms with Crippen molar-refractivity contribution >= 4 is 21.0 Å². The van der Waals surface area contributed by atoms with Gasteiger partial charge < -0.3 is 14.4 Å². The summed E-state index contributed by atoms with van der Waals surface area (Å²) in [6, 6.07) is 6.75. The van der Waals surface area contributed by atoms with E-state index in [-0.39, 0.29) is 11.1 Å². The van der Waals surface area contributed by atoms with Crippen LogP contribution < -0.4 is 4.18 Å². The number of fused-ring (bicyclic) bond motifs is 1. The molecule has 0 radical (unpaired) electrons. The molecule has 10 heteroatoms. The summed E-state index contributed by atoms with van der Waals surface area (Å²) in [5.74, 6) is -0.789. The number of hydrogen-bond acceptors (Lipinski definition) is 6. The van der Waals surface area contributed by atoms with Gasteiger partial charge in [0.25, 0.3) is 0 Å². The smallest absolute Gasteiger partial charge is 0.393 e. The molecule has 22 heavy (non-hydrogen) atoms. The molecule has 0 aliphatic heterocycles. The summed E-state index contributed by atoms with van der Waals surface area (Å²) in [4.78, 5) is 3.67. The quantitative estimate of drug-likeness (QED) is 0.648. The van der Waals surface area contributed by atoms with Gasteiger partial charge in [-0.15, -0.1) is 0 Å². The van der Waals surface area contributed by atoms with Crippen LogP contribution in [0.1, 0.15) is 11.7 Å². The van der Waals surface area contributed by atoms with Crippen molar-refractivity contribution < 1.29 is 36.0 Å². The fraction of sp³-hybridized carbons (Fsp3) is 0.250. The Kier molecular flexibility index (Phi) is 4.27. The van der Waals surface area contributed by atoms with E-state index in [1.165, 1.54) is 12.1 Å². The van der Waals surface area contributed by atoms with Gasteiger partial charge in [0, 0.05) is 17.0 Å². The average molecular weight is 337 g/mol. The zero-order valence-corrected chi connectivity index (χ0v) is 11.6. The first-order valence-corrected chi connectivity index (χ1v) is 7.26. The van der Waals surface area contributed by atoms with Gasteiger partial charge >= 0.3 is 15.6 Å². The lowest BCUT2D eigenvalue weighted by Gasteiger charge is -2.12. The van der Waals surface area contributed by atoms with Crippen molar-refractivity contribution in [3.63, 3.8) is 0 Å². The zero-order chi connectivity index (χ0) is 16.5. The van der Waals surface area contributed by atoms with Gasteiger partial charge in [0.05, 0.1) is 12.1 Å². The van der Waals surface area contributed by atoms with Gasteiger partial charge in [-0.05, 0) is 6.07 Å². The first-order chi connectivity index (χ1) is 10.2. The monoisotopic (exact) mass is 337 g/mol. The van der Waals surface area contributed by atoms with Gasteiger partial charge in [-0.25, -0.2) is 4.98 Å². The number of para-hydroxylation sites is 1. The summed E-state index contributed by atoms with van der Waals surface area (Å²) < 4.78 is 62.7. The summed E-state index contributed by atoms with van der Waals surface area (Å²) in [6.07, 6.45) is -1.31. The number of rotatable bonds is 4. The van der Waals surface area contributed by atoms with E-state index in [4.69, 9.17) is 5.11 Å². The summed E-state index contributed by atoms with van der Waals surface area (Å²) in [6.45, 7) is -0.632. The van der Waals surface area contributed by atoms with Gasteiger partial charge in [0.2, 0.25) is 5.88 Å². The zero-order valence-electron chi connectivity index (χ0n) is 10.8. The lowest BCUT2D eigenvalue weighted by molar-refractivity contribution is -0.0501.